The van der Waals surface area contributed by atoms with Crippen LogP contribution in [0, 0.1) is 0 Å². The first-order valence-corrected chi connectivity index (χ1v) is 11.2. The molecule has 0 N–H and O–H groups in total. The molecule has 2 aliphatic heterocycles. The van der Waals surface area contributed by atoms with Gasteiger partial charge in [-0.3, -0.25) is 9.59 Å². The Morgan fingerprint density at radius 3 is 2.43 bits per heavy atom. The van der Waals surface area contributed by atoms with Crippen molar-refractivity contribution in [3.63, 3.8) is 0 Å². The molecule has 1 aromatic heterocycles. The summed E-state index contributed by atoms with van der Waals surface area (Å²) in [6.45, 7) is 3.97. The average molecular weight is 425 g/mol. The molecule has 6 nitrogen and oxygen atoms in total. The van der Waals surface area contributed by atoms with Gasteiger partial charge in [0.15, 0.2) is 0 Å². The fraction of sp³-hybridized carbons (Fsp3) is 0.348. The monoisotopic (exact) mass is 424 g/mol. The smallest absolute Gasteiger partial charge is 0.338 e. The number of nitrogens with zero attached hydrogens (tertiary/aromatic N) is 2. The third-order valence-electron chi connectivity index (χ3n) is 5.34. The molecule has 2 aliphatic rings. The molecular weight excluding hydrogens is 400 g/mol. The maximum Gasteiger partial charge on any atom is 0.338 e. The number of carbonyl (C=O) groups is 3. The minimum absolute atomic E-state index is 0.302. The number of rotatable bonds is 7. The Balaban J connectivity index is 1.60. The molecule has 0 radical (unpaired) electrons. The summed E-state index contributed by atoms with van der Waals surface area (Å²) in [6, 6.07) is 10.2. The maximum atomic E-state index is 13.3. The highest BCUT2D eigenvalue weighted by Gasteiger charge is 2.43. The predicted octanol–water partition coefficient (Wildman–Crippen LogP) is 4.09. The molecule has 0 spiro atoms. The number of imide groups is 1. The van der Waals surface area contributed by atoms with Gasteiger partial charge in [-0.25, -0.2) is 9.69 Å². The van der Waals surface area contributed by atoms with Crippen LogP contribution in [-0.2, 0) is 14.3 Å². The van der Waals surface area contributed by atoms with Crippen LogP contribution in [0.1, 0.15) is 47.8 Å². The molecule has 0 aliphatic carbocycles. The van der Waals surface area contributed by atoms with Crippen molar-refractivity contribution in [3.8, 4) is 0 Å². The summed E-state index contributed by atoms with van der Waals surface area (Å²) in [7, 11) is 0. The van der Waals surface area contributed by atoms with Crippen molar-refractivity contribution < 1.29 is 19.1 Å². The SMILES string of the molecule is CCCCOC(=O)c1ccc(N2C(=O)C(c3cccs3)=C(N3CCCC3)C2=O)cc1. The lowest BCUT2D eigenvalue weighted by molar-refractivity contribution is -0.120. The Morgan fingerprint density at radius 2 is 1.80 bits per heavy atom. The fourth-order valence-electron chi connectivity index (χ4n) is 3.77. The van der Waals surface area contributed by atoms with Crippen molar-refractivity contribution in [3.05, 3.63) is 57.9 Å². The molecule has 0 atom stereocenters. The number of hydrogen-bond acceptors (Lipinski definition) is 6. The number of likely N-dealkylation sites (tertiary alicyclic amines) is 1. The zero-order valence-corrected chi connectivity index (χ0v) is 17.7. The molecule has 2 amide bonds. The van der Waals surface area contributed by atoms with E-state index in [9.17, 15) is 14.4 Å². The Kier molecular flexibility index (Phi) is 5.99. The number of hydrogen-bond donors (Lipinski definition) is 0. The van der Waals surface area contributed by atoms with E-state index in [4.69, 9.17) is 4.74 Å². The van der Waals surface area contributed by atoms with Crippen molar-refractivity contribution in [2.75, 3.05) is 24.6 Å². The fourth-order valence-corrected chi connectivity index (χ4v) is 4.53. The molecule has 4 rings (SSSR count). The van der Waals surface area contributed by atoms with Crippen LogP contribution in [0.4, 0.5) is 5.69 Å². The van der Waals surface area contributed by atoms with Gasteiger partial charge in [-0.05, 0) is 55.0 Å². The standard InChI is InChI=1S/C23H24N2O4S/c1-2-3-14-29-23(28)16-8-10-17(11-9-16)25-21(26)19(18-7-6-15-30-18)20(22(25)27)24-12-4-5-13-24/h6-11,15H,2-5,12-14H2,1H3. The Bertz CT molecular complexity index is 973. The van der Waals surface area contributed by atoms with Crippen LogP contribution >= 0.6 is 11.3 Å². The second-order valence-electron chi connectivity index (χ2n) is 7.38. The number of ether oxygens (including phenoxy) is 1. The number of carbonyl (C=O) groups excluding carboxylic acids is 3. The lowest BCUT2D eigenvalue weighted by Gasteiger charge is -2.20. The minimum Gasteiger partial charge on any atom is -0.462 e. The van der Waals surface area contributed by atoms with Gasteiger partial charge in [0.2, 0.25) is 0 Å². The molecule has 0 bridgehead atoms. The van der Waals surface area contributed by atoms with Gasteiger partial charge in [0.1, 0.15) is 5.70 Å². The number of anilines is 1. The summed E-state index contributed by atoms with van der Waals surface area (Å²) in [5.74, 6) is -1.02. The van der Waals surface area contributed by atoms with Crippen LogP contribution < -0.4 is 4.90 Å². The molecule has 1 fully saturated rings. The number of unbranched alkanes of at least 4 members (excludes halogenated alkanes) is 1. The summed E-state index contributed by atoms with van der Waals surface area (Å²) < 4.78 is 5.23. The van der Waals surface area contributed by atoms with Crippen molar-refractivity contribution in [1.29, 1.82) is 0 Å². The molecule has 2 aromatic rings. The minimum atomic E-state index is -0.399. The van der Waals surface area contributed by atoms with Gasteiger partial charge in [-0.1, -0.05) is 19.4 Å². The third kappa shape index (κ3) is 3.77. The van der Waals surface area contributed by atoms with E-state index in [1.54, 1.807) is 24.3 Å². The summed E-state index contributed by atoms with van der Waals surface area (Å²) >= 11 is 1.46. The summed E-state index contributed by atoms with van der Waals surface area (Å²) in [4.78, 5) is 42.8. The largest absolute Gasteiger partial charge is 0.462 e. The lowest BCUT2D eigenvalue weighted by atomic mass is 10.1. The van der Waals surface area contributed by atoms with Gasteiger partial charge in [0, 0.05) is 18.0 Å². The van der Waals surface area contributed by atoms with Gasteiger partial charge in [0.05, 0.1) is 23.4 Å². The molecule has 156 valence electrons. The first-order chi connectivity index (χ1) is 14.6. The van der Waals surface area contributed by atoms with E-state index in [2.05, 4.69) is 0 Å². The van der Waals surface area contributed by atoms with Crippen molar-refractivity contribution in [2.24, 2.45) is 0 Å². The maximum absolute atomic E-state index is 13.3. The van der Waals surface area contributed by atoms with E-state index in [1.807, 2.05) is 29.3 Å². The van der Waals surface area contributed by atoms with Gasteiger partial charge in [-0.2, -0.15) is 0 Å². The average Bonchev–Trinajstić information content (AvgIpc) is 3.49. The Labute approximate surface area is 179 Å². The van der Waals surface area contributed by atoms with E-state index in [-0.39, 0.29) is 11.8 Å². The van der Waals surface area contributed by atoms with Crippen LogP contribution in [0.5, 0.6) is 0 Å². The van der Waals surface area contributed by atoms with Crippen molar-refractivity contribution >= 4 is 40.4 Å². The lowest BCUT2D eigenvalue weighted by Crippen LogP contribution is -2.34. The topological polar surface area (TPSA) is 66.9 Å². The van der Waals surface area contributed by atoms with Crippen LogP contribution in [0.15, 0.2) is 47.5 Å². The van der Waals surface area contributed by atoms with E-state index < -0.39 is 5.97 Å². The number of thiophene rings is 1. The summed E-state index contributed by atoms with van der Waals surface area (Å²) in [6.07, 6.45) is 3.79. The second kappa shape index (κ2) is 8.83. The summed E-state index contributed by atoms with van der Waals surface area (Å²) in [5, 5.41) is 1.91. The molecule has 0 saturated carbocycles. The van der Waals surface area contributed by atoms with E-state index in [0.717, 1.165) is 43.6 Å². The highest BCUT2D eigenvalue weighted by molar-refractivity contribution is 7.11. The van der Waals surface area contributed by atoms with Gasteiger partial charge in [0.25, 0.3) is 11.8 Å². The first-order valence-electron chi connectivity index (χ1n) is 10.3. The van der Waals surface area contributed by atoms with Crippen LogP contribution in [0.2, 0.25) is 0 Å². The van der Waals surface area contributed by atoms with Gasteiger partial charge in [-0.15, -0.1) is 11.3 Å². The highest BCUT2D eigenvalue weighted by atomic mass is 32.1. The molecule has 1 aromatic carbocycles. The third-order valence-corrected chi connectivity index (χ3v) is 6.23. The molecule has 0 unspecified atom stereocenters. The molecule has 30 heavy (non-hydrogen) atoms. The van der Waals surface area contributed by atoms with Gasteiger partial charge >= 0.3 is 5.97 Å². The number of amides is 2. The normalized spacial score (nSPS) is 16.7. The van der Waals surface area contributed by atoms with Gasteiger partial charge < -0.3 is 9.64 Å². The first kappa shape index (κ1) is 20.3. The Hall–Kier alpha value is -2.93. The summed E-state index contributed by atoms with van der Waals surface area (Å²) in [5.41, 5.74) is 1.82. The molecule has 3 heterocycles. The van der Waals surface area contributed by atoms with Crippen molar-refractivity contribution in [2.45, 2.75) is 32.6 Å². The zero-order valence-electron chi connectivity index (χ0n) is 16.9. The quantitative estimate of drug-likeness (QED) is 0.381. The van der Waals surface area contributed by atoms with E-state index in [0.29, 0.717) is 29.1 Å². The van der Waals surface area contributed by atoms with Crippen LogP contribution in [0.25, 0.3) is 5.57 Å². The van der Waals surface area contributed by atoms with E-state index >= 15 is 0 Å². The zero-order chi connectivity index (χ0) is 21.1. The molecule has 1 saturated heterocycles. The number of esters is 1. The second-order valence-corrected chi connectivity index (χ2v) is 8.32. The number of benzene rings is 1. The van der Waals surface area contributed by atoms with Crippen LogP contribution in [0.3, 0.4) is 0 Å². The predicted molar refractivity (Wildman–Crippen MR) is 116 cm³/mol. The van der Waals surface area contributed by atoms with Crippen molar-refractivity contribution in [1.82, 2.24) is 4.90 Å². The van der Waals surface area contributed by atoms with E-state index in [1.165, 1.54) is 16.2 Å². The molecular formula is C23H24N2O4S. The highest BCUT2D eigenvalue weighted by Crippen LogP contribution is 2.37. The Morgan fingerprint density at radius 1 is 1.07 bits per heavy atom. The van der Waals surface area contributed by atoms with Crippen LogP contribution in [-0.4, -0.2) is 42.4 Å². The molecule has 7 heteroatoms.